The second-order valence-corrected chi connectivity index (χ2v) is 14.0. The van der Waals surface area contributed by atoms with Gasteiger partial charge in [-0.3, -0.25) is 4.79 Å². The molecule has 1 N–H and O–H groups in total. The van der Waals surface area contributed by atoms with Crippen LogP contribution in [0, 0.1) is 0 Å². The number of carbonyl (C=O) groups excluding carboxylic acids is 1. The van der Waals surface area contributed by atoms with E-state index in [9.17, 15) is 9.90 Å². The maximum atomic E-state index is 12.2. The SMILES string of the molecule is CC/C=C\C/C=C\C/C=C\C/C=C\C/C=C\C/C=C\CCCOCC(CO)OC(=O)CCCCCCCCCCCCCCCCCCCCC. The monoisotopic (exact) mass is 711 g/mol. The van der Waals surface area contributed by atoms with Crippen LogP contribution >= 0.6 is 0 Å². The van der Waals surface area contributed by atoms with E-state index in [-0.39, 0.29) is 19.2 Å². The highest BCUT2D eigenvalue weighted by atomic mass is 16.6. The first-order valence-corrected chi connectivity index (χ1v) is 21.5. The van der Waals surface area contributed by atoms with Crippen molar-refractivity contribution in [3.63, 3.8) is 0 Å². The first-order chi connectivity index (χ1) is 25.2. The maximum Gasteiger partial charge on any atom is 0.306 e. The second-order valence-electron chi connectivity index (χ2n) is 14.0. The van der Waals surface area contributed by atoms with Crippen molar-refractivity contribution in [1.29, 1.82) is 0 Å². The predicted octanol–water partition coefficient (Wildman–Crippen LogP) is 14.2. The number of aliphatic hydroxyl groups excluding tert-OH is 1. The molecule has 0 spiro atoms. The van der Waals surface area contributed by atoms with Gasteiger partial charge in [-0.05, 0) is 57.8 Å². The fourth-order valence-electron chi connectivity index (χ4n) is 5.87. The van der Waals surface area contributed by atoms with Crippen LogP contribution in [0.4, 0.5) is 0 Å². The van der Waals surface area contributed by atoms with Gasteiger partial charge in [0.05, 0.1) is 13.2 Å². The molecule has 0 aliphatic heterocycles. The molecule has 0 aromatic rings. The quantitative estimate of drug-likeness (QED) is 0.0392. The Balaban J connectivity index is 3.54. The zero-order valence-corrected chi connectivity index (χ0v) is 33.6. The van der Waals surface area contributed by atoms with Crippen LogP contribution in [0.2, 0.25) is 0 Å². The zero-order valence-electron chi connectivity index (χ0n) is 33.6. The Morgan fingerprint density at radius 1 is 0.490 bits per heavy atom. The number of rotatable bonds is 39. The molecule has 0 aromatic heterocycles. The standard InChI is InChI=1S/C47H82O4/c1-3-5-7-9-11-13-15-17-19-21-23-25-27-29-31-33-35-37-39-41-43-50-45-46(44-48)51-47(49)42-40-38-36-34-32-30-28-26-24-22-20-18-16-14-12-10-8-6-4-2/h5,7,11,13,17,19,23,25,29,31,35,37,46,48H,3-4,6,8-10,12,14-16,18,20-22,24,26-28,30,32-34,36,38-45H2,1-2H3/b7-5-,13-11-,19-17-,25-23-,31-29-,37-35-. The van der Waals surface area contributed by atoms with E-state index in [0.717, 1.165) is 64.2 Å². The molecule has 0 aliphatic rings. The van der Waals surface area contributed by atoms with Crippen LogP contribution in [0.3, 0.4) is 0 Å². The lowest BCUT2D eigenvalue weighted by molar-refractivity contribution is -0.154. The van der Waals surface area contributed by atoms with Gasteiger partial charge in [0.15, 0.2) is 0 Å². The number of carbonyl (C=O) groups is 1. The number of unbranched alkanes of at least 4 members (excludes halogenated alkanes) is 19. The molecule has 0 rings (SSSR count). The Bertz CT molecular complexity index is 881. The van der Waals surface area contributed by atoms with Gasteiger partial charge in [0.2, 0.25) is 0 Å². The van der Waals surface area contributed by atoms with Crippen molar-refractivity contribution in [1.82, 2.24) is 0 Å². The van der Waals surface area contributed by atoms with Gasteiger partial charge in [-0.25, -0.2) is 0 Å². The molecule has 0 heterocycles. The Labute approximate surface area is 317 Å². The van der Waals surface area contributed by atoms with Crippen LogP contribution in [0.1, 0.15) is 194 Å². The smallest absolute Gasteiger partial charge is 0.306 e. The van der Waals surface area contributed by atoms with Gasteiger partial charge in [-0.2, -0.15) is 0 Å². The number of esters is 1. The third-order valence-electron chi connectivity index (χ3n) is 9.05. The third kappa shape index (κ3) is 42.1. The van der Waals surface area contributed by atoms with Gasteiger partial charge in [0.1, 0.15) is 6.10 Å². The molecular formula is C47H82O4. The van der Waals surface area contributed by atoms with E-state index in [4.69, 9.17) is 9.47 Å². The van der Waals surface area contributed by atoms with E-state index in [1.54, 1.807) is 0 Å². The summed E-state index contributed by atoms with van der Waals surface area (Å²) in [5, 5.41) is 9.60. The molecule has 0 saturated carbocycles. The van der Waals surface area contributed by atoms with Crippen LogP contribution < -0.4 is 0 Å². The Morgan fingerprint density at radius 2 is 0.863 bits per heavy atom. The fourth-order valence-corrected chi connectivity index (χ4v) is 5.87. The van der Waals surface area contributed by atoms with Crippen LogP contribution in [-0.2, 0) is 14.3 Å². The molecule has 4 nitrogen and oxygen atoms in total. The largest absolute Gasteiger partial charge is 0.457 e. The number of ether oxygens (including phenoxy) is 2. The van der Waals surface area contributed by atoms with E-state index in [2.05, 4.69) is 86.8 Å². The van der Waals surface area contributed by atoms with E-state index >= 15 is 0 Å². The number of aliphatic hydroxyl groups is 1. The van der Waals surface area contributed by atoms with Crippen molar-refractivity contribution in [3.05, 3.63) is 72.9 Å². The van der Waals surface area contributed by atoms with Gasteiger partial charge >= 0.3 is 5.97 Å². The molecule has 0 saturated heterocycles. The lowest BCUT2D eigenvalue weighted by Gasteiger charge is -2.15. The summed E-state index contributed by atoms with van der Waals surface area (Å²) in [6.07, 6.45) is 59.7. The first kappa shape index (κ1) is 48.8. The van der Waals surface area contributed by atoms with Crippen molar-refractivity contribution < 1.29 is 19.4 Å². The Hall–Kier alpha value is -2.17. The van der Waals surface area contributed by atoms with Crippen molar-refractivity contribution in [2.75, 3.05) is 19.8 Å². The van der Waals surface area contributed by atoms with Gasteiger partial charge in [-0.1, -0.05) is 202 Å². The van der Waals surface area contributed by atoms with Crippen LogP contribution in [0.25, 0.3) is 0 Å². The van der Waals surface area contributed by atoms with E-state index in [0.29, 0.717) is 13.0 Å². The summed E-state index contributed by atoms with van der Waals surface area (Å²) in [4.78, 5) is 12.2. The highest BCUT2D eigenvalue weighted by molar-refractivity contribution is 5.69. The summed E-state index contributed by atoms with van der Waals surface area (Å²) in [6.45, 7) is 5.10. The van der Waals surface area contributed by atoms with Crippen molar-refractivity contribution in [2.24, 2.45) is 0 Å². The molecule has 0 aliphatic carbocycles. The van der Waals surface area contributed by atoms with E-state index < -0.39 is 6.10 Å². The lowest BCUT2D eigenvalue weighted by Crippen LogP contribution is -2.27. The number of hydrogen-bond acceptors (Lipinski definition) is 4. The summed E-state index contributed by atoms with van der Waals surface area (Å²) < 4.78 is 11.1. The lowest BCUT2D eigenvalue weighted by atomic mass is 10.0. The van der Waals surface area contributed by atoms with Gasteiger partial charge in [0.25, 0.3) is 0 Å². The molecule has 51 heavy (non-hydrogen) atoms. The third-order valence-corrected chi connectivity index (χ3v) is 9.05. The molecule has 0 radical (unpaired) electrons. The molecule has 0 bridgehead atoms. The van der Waals surface area contributed by atoms with Crippen molar-refractivity contribution in [2.45, 2.75) is 200 Å². The van der Waals surface area contributed by atoms with Crippen LogP contribution in [-0.4, -0.2) is 37.0 Å². The molecule has 0 amide bonds. The van der Waals surface area contributed by atoms with Gasteiger partial charge < -0.3 is 14.6 Å². The molecule has 1 unspecified atom stereocenters. The molecule has 294 valence electrons. The van der Waals surface area contributed by atoms with Crippen molar-refractivity contribution >= 4 is 5.97 Å². The summed E-state index contributed by atoms with van der Waals surface area (Å²) in [5.41, 5.74) is 0. The molecule has 1 atom stereocenters. The normalized spacial score (nSPS) is 13.1. The van der Waals surface area contributed by atoms with E-state index in [1.807, 2.05) is 0 Å². The summed E-state index contributed by atoms with van der Waals surface area (Å²) in [7, 11) is 0. The minimum absolute atomic E-state index is 0.196. The van der Waals surface area contributed by atoms with E-state index in [1.165, 1.54) is 109 Å². The predicted molar refractivity (Wildman–Crippen MR) is 223 cm³/mol. The average Bonchev–Trinajstić information content (AvgIpc) is 3.14. The maximum absolute atomic E-state index is 12.2. The van der Waals surface area contributed by atoms with Gasteiger partial charge in [0, 0.05) is 13.0 Å². The molecular weight excluding hydrogens is 629 g/mol. The molecule has 0 aromatic carbocycles. The Morgan fingerprint density at radius 3 is 1.25 bits per heavy atom. The highest BCUT2D eigenvalue weighted by Gasteiger charge is 2.13. The zero-order chi connectivity index (χ0) is 37.0. The van der Waals surface area contributed by atoms with Gasteiger partial charge in [-0.15, -0.1) is 0 Å². The summed E-state index contributed by atoms with van der Waals surface area (Å²) in [5.74, 6) is -0.220. The average molecular weight is 711 g/mol. The molecule has 0 fully saturated rings. The fraction of sp³-hybridized carbons (Fsp3) is 0.723. The van der Waals surface area contributed by atoms with Crippen molar-refractivity contribution in [3.8, 4) is 0 Å². The Kier molecular flexibility index (Phi) is 42.1. The second kappa shape index (κ2) is 44.0. The summed E-state index contributed by atoms with van der Waals surface area (Å²) in [6, 6.07) is 0. The minimum atomic E-state index is -0.566. The van der Waals surface area contributed by atoms with Crippen LogP contribution in [0.5, 0.6) is 0 Å². The minimum Gasteiger partial charge on any atom is -0.457 e. The van der Waals surface area contributed by atoms with Crippen LogP contribution in [0.15, 0.2) is 72.9 Å². The highest BCUT2D eigenvalue weighted by Crippen LogP contribution is 2.15. The molecule has 4 heteroatoms. The number of hydrogen-bond donors (Lipinski definition) is 1. The first-order valence-electron chi connectivity index (χ1n) is 21.5. The topological polar surface area (TPSA) is 55.8 Å². The summed E-state index contributed by atoms with van der Waals surface area (Å²) >= 11 is 0. The number of allylic oxidation sites excluding steroid dienone is 12.